The number of rotatable bonds is 8. The van der Waals surface area contributed by atoms with E-state index in [1.54, 1.807) is 13.3 Å². The molecule has 0 aromatic carbocycles. The number of hydrogen-bond acceptors (Lipinski definition) is 5. The molecule has 16 heavy (non-hydrogen) atoms. The lowest BCUT2D eigenvalue weighted by Crippen LogP contribution is -2.24. The van der Waals surface area contributed by atoms with Crippen LogP contribution in [-0.2, 0) is 9.53 Å². The molecule has 1 atom stereocenters. The van der Waals surface area contributed by atoms with Crippen molar-refractivity contribution in [2.75, 3.05) is 27.3 Å². The van der Waals surface area contributed by atoms with Crippen molar-refractivity contribution < 1.29 is 14.6 Å². The van der Waals surface area contributed by atoms with Crippen LogP contribution in [0.1, 0.15) is 6.42 Å². The molecule has 0 rings (SSSR count). The maximum atomic E-state index is 10.0. The average Bonchev–Trinajstić information content (AvgIpc) is 2.28. The lowest BCUT2D eigenvalue weighted by molar-refractivity contribution is -0.108. The van der Waals surface area contributed by atoms with Crippen molar-refractivity contribution in [2.24, 2.45) is 0 Å². The van der Waals surface area contributed by atoms with E-state index in [2.05, 4.69) is 5.32 Å². The van der Waals surface area contributed by atoms with E-state index in [0.717, 1.165) is 0 Å². The van der Waals surface area contributed by atoms with E-state index >= 15 is 0 Å². The number of amides is 1. The van der Waals surface area contributed by atoms with Gasteiger partial charge >= 0.3 is 0 Å². The molecule has 0 aliphatic carbocycles. The highest BCUT2D eigenvalue weighted by Gasteiger charge is 2.05. The maximum absolute atomic E-state index is 10.0. The summed E-state index contributed by atoms with van der Waals surface area (Å²) in [6.45, 7) is 0.695. The van der Waals surface area contributed by atoms with E-state index < -0.39 is 0 Å². The minimum atomic E-state index is -0.164. The van der Waals surface area contributed by atoms with E-state index in [1.807, 2.05) is 11.9 Å². The summed E-state index contributed by atoms with van der Waals surface area (Å²) in [6, 6.07) is 0. The highest BCUT2D eigenvalue weighted by molar-refractivity contribution is 5.96. The van der Waals surface area contributed by atoms with E-state index in [9.17, 15) is 4.79 Å². The van der Waals surface area contributed by atoms with Crippen molar-refractivity contribution in [1.82, 2.24) is 10.2 Å². The van der Waals surface area contributed by atoms with Crippen molar-refractivity contribution in [3.8, 4) is 0 Å². The molecule has 0 heterocycles. The second-order valence-electron chi connectivity index (χ2n) is 3.30. The minimum absolute atomic E-state index is 0.00340. The largest absolute Gasteiger partial charge is 0.394 e. The summed E-state index contributed by atoms with van der Waals surface area (Å²) in [7, 11) is 3.40. The molecular weight excluding hydrogens is 210 g/mol. The summed E-state index contributed by atoms with van der Waals surface area (Å²) >= 11 is 0. The molecule has 1 unspecified atom stereocenters. The van der Waals surface area contributed by atoms with Crippen molar-refractivity contribution in [1.29, 1.82) is 5.41 Å². The van der Waals surface area contributed by atoms with Crippen LogP contribution in [0.4, 0.5) is 0 Å². The lowest BCUT2D eigenvalue weighted by atomic mass is 10.2. The zero-order valence-electron chi connectivity index (χ0n) is 9.64. The molecule has 0 spiro atoms. The van der Waals surface area contributed by atoms with Crippen molar-refractivity contribution >= 4 is 12.2 Å². The Hall–Kier alpha value is -1.40. The number of nitrogens with one attached hydrogen (secondary N) is 2. The third-order valence-electron chi connectivity index (χ3n) is 2.05. The van der Waals surface area contributed by atoms with E-state index in [-0.39, 0.29) is 18.5 Å². The van der Waals surface area contributed by atoms with Crippen LogP contribution in [-0.4, -0.2) is 55.7 Å². The van der Waals surface area contributed by atoms with Crippen LogP contribution >= 0.6 is 0 Å². The van der Waals surface area contributed by atoms with Gasteiger partial charge in [0, 0.05) is 26.9 Å². The Labute approximate surface area is 95.4 Å². The summed E-state index contributed by atoms with van der Waals surface area (Å²) in [5.41, 5.74) is 0. The van der Waals surface area contributed by atoms with Crippen LogP contribution in [0.2, 0.25) is 0 Å². The Kier molecular flexibility index (Phi) is 8.10. The highest BCUT2D eigenvalue weighted by Crippen LogP contribution is 1.98. The van der Waals surface area contributed by atoms with Gasteiger partial charge in [-0.1, -0.05) is 0 Å². The normalized spacial score (nSPS) is 12.4. The number of methoxy groups -OCH3 is 1. The molecule has 6 nitrogen and oxygen atoms in total. The number of aliphatic hydroxyl groups is 1. The summed E-state index contributed by atoms with van der Waals surface area (Å²) in [6.07, 6.45) is 4.16. The van der Waals surface area contributed by atoms with Gasteiger partial charge in [-0.25, -0.2) is 0 Å². The predicted octanol–water partition coefficient (Wildman–Crippen LogP) is -0.447. The van der Waals surface area contributed by atoms with Gasteiger partial charge in [0.25, 0.3) is 0 Å². The summed E-state index contributed by atoms with van der Waals surface area (Å²) in [5.74, 6) is 0.0345. The van der Waals surface area contributed by atoms with Gasteiger partial charge in [0.15, 0.2) is 0 Å². The predicted molar refractivity (Wildman–Crippen MR) is 61.2 cm³/mol. The van der Waals surface area contributed by atoms with Gasteiger partial charge < -0.3 is 20.1 Å². The second-order valence-corrected chi connectivity index (χ2v) is 3.30. The topological polar surface area (TPSA) is 85.7 Å². The number of carbonyl (C=O) groups is 1. The van der Waals surface area contributed by atoms with Gasteiger partial charge in [0.2, 0.25) is 6.41 Å². The molecule has 0 radical (unpaired) electrons. The number of carbonyl (C=O) groups excluding carboxylic acids is 1. The Morgan fingerprint density at radius 2 is 2.38 bits per heavy atom. The molecule has 0 fully saturated rings. The summed E-state index contributed by atoms with van der Waals surface area (Å²) in [5, 5.41) is 18.3. The van der Waals surface area contributed by atoms with Gasteiger partial charge in [-0.2, -0.15) is 0 Å². The van der Waals surface area contributed by atoms with Gasteiger partial charge in [-0.05, 0) is 12.5 Å². The third kappa shape index (κ3) is 6.97. The molecule has 3 N–H and O–H groups in total. The molecule has 0 aliphatic rings. The second kappa shape index (κ2) is 8.87. The highest BCUT2D eigenvalue weighted by atomic mass is 16.5. The van der Waals surface area contributed by atoms with E-state index in [0.29, 0.717) is 19.4 Å². The van der Waals surface area contributed by atoms with Crippen LogP contribution < -0.4 is 5.32 Å². The Balaban J connectivity index is 3.84. The first kappa shape index (κ1) is 14.6. The molecule has 0 aromatic rings. The number of amidine groups is 1. The fourth-order valence-electron chi connectivity index (χ4n) is 1.02. The van der Waals surface area contributed by atoms with Crippen LogP contribution in [0, 0.1) is 5.41 Å². The molecular formula is C10H19N3O3. The SMILES string of the molecule is COC(CO)CCN(C)/C=C\C(=N)NC=O. The van der Waals surface area contributed by atoms with Crippen LogP contribution in [0.5, 0.6) is 0 Å². The van der Waals surface area contributed by atoms with Crippen LogP contribution in [0.15, 0.2) is 12.3 Å². The number of ether oxygens (including phenoxy) is 1. The number of hydrogen-bond donors (Lipinski definition) is 3. The maximum Gasteiger partial charge on any atom is 0.212 e. The molecule has 0 bridgehead atoms. The summed E-state index contributed by atoms with van der Waals surface area (Å²) < 4.78 is 5.01. The molecule has 92 valence electrons. The first-order valence-corrected chi connectivity index (χ1v) is 4.94. The molecule has 0 saturated carbocycles. The molecule has 6 heteroatoms. The van der Waals surface area contributed by atoms with Crippen molar-refractivity contribution in [2.45, 2.75) is 12.5 Å². The molecule has 1 amide bonds. The minimum Gasteiger partial charge on any atom is -0.394 e. The van der Waals surface area contributed by atoms with Crippen molar-refractivity contribution in [3.63, 3.8) is 0 Å². The van der Waals surface area contributed by atoms with Gasteiger partial charge in [0.05, 0.1) is 12.7 Å². The van der Waals surface area contributed by atoms with Gasteiger partial charge in [-0.15, -0.1) is 0 Å². The summed E-state index contributed by atoms with van der Waals surface area (Å²) in [4.78, 5) is 11.9. The number of nitrogens with zero attached hydrogens (tertiary/aromatic N) is 1. The van der Waals surface area contributed by atoms with Gasteiger partial charge in [-0.3, -0.25) is 10.2 Å². The number of aliphatic hydroxyl groups excluding tert-OH is 1. The Bertz CT molecular complexity index is 239. The van der Waals surface area contributed by atoms with E-state index in [4.69, 9.17) is 15.3 Å². The zero-order valence-corrected chi connectivity index (χ0v) is 9.64. The van der Waals surface area contributed by atoms with Crippen LogP contribution in [0.25, 0.3) is 0 Å². The fourth-order valence-corrected chi connectivity index (χ4v) is 1.02. The monoisotopic (exact) mass is 229 g/mol. The quantitative estimate of drug-likeness (QED) is 0.299. The first-order chi connectivity index (χ1) is 7.63. The van der Waals surface area contributed by atoms with Crippen LogP contribution in [0.3, 0.4) is 0 Å². The Morgan fingerprint density at radius 3 is 2.88 bits per heavy atom. The average molecular weight is 229 g/mol. The smallest absolute Gasteiger partial charge is 0.212 e. The fraction of sp³-hybridized carbons (Fsp3) is 0.600. The third-order valence-corrected chi connectivity index (χ3v) is 2.05. The van der Waals surface area contributed by atoms with E-state index in [1.165, 1.54) is 6.08 Å². The zero-order chi connectivity index (χ0) is 12.4. The van der Waals surface area contributed by atoms with Gasteiger partial charge in [0.1, 0.15) is 5.84 Å². The first-order valence-electron chi connectivity index (χ1n) is 4.94. The molecule has 0 aromatic heterocycles. The molecule has 0 aliphatic heterocycles. The Morgan fingerprint density at radius 1 is 1.69 bits per heavy atom. The van der Waals surface area contributed by atoms with Crippen molar-refractivity contribution in [3.05, 3.63) is 12.3 Å². The molecule has 0 saturated heterocycles. The standard InChI is InChI=1S/C10H19N3O3/c1-13(5-3-9(7-14)16-2)6-4-10(11)12-8-15/h4,6,8-9,14H,3,5,7H2,1-2H3,(H2,11,12,15)/b6-4-. The lowest BCUT2D eigenvalue weighted by Gasteiger charge is -2.17.